The summed E-state index contributed by atoms with van der Waals surface area (Å²) in [5.41, 5.74) is 1.48. The summed E-state index contributed by atoms with van der Waals surface area (Å²) >= 11 is 1.25. The molecule has 2 N–H and O–H groups in total. The Morgan fingerprint density at radius 2 is 1.80 bits per heavy atom. The highest BCUT2D eigenvalue weighted by Crippen LogP contribution is 2.30. The standard InChI is InChI=1S/C21H23N3O5S/c1-27-15-7-5-4-6-13(15)12-22-21-24-20(26)18(30-21)11-19(25)23-14-8-9-16(28-2)17(10-14)29-3/h4-10,18H,11-12H2,1-3H3,(H,23,25)(H,22,24,26)/t18-/m0/s1. The average Bonchev–Trinajstić information content (AvgIpc) is 3.11. The number of methoxy groups -OCH3 is 3. The lowest BCUT2D eigenvalue weighted by Crippen LogP contribution is -2.28. The number of aliphatic imine (C=N–C) groups is 1. The number of hydrogen-bond acceptors (Lipinski definition) is 7. The van der Waals surface area contributed by atoms with Gasteiger partial charge < -0.3 is 24.8 Å². The van der Waals surface area contributed by atoms with Gasteiger partial charge in [-0.25, -0.2) is 0 Å². The van der Waals surface area contributed by atoms with Crippen LogP contribution in [0, 0.1) is 0 Å². The summed E-state index contributed by atoms with van der Waals surface area (Å²) in [6.07, 6.45) is 0.0263. The van der Waals surface area contributed by atoms with Crippen LogP contribution in [-0.4, -0.2) is 43.6 Å². The normalized spacial score (nSPS) is 16.8. The second-order valence-electron chi connectivity index (χ2n) is 6.35. The van der Waals surface area contributed by atoms with Gasteiger partial charge in [0.2, 0.25) is 11.8 Å². The number of nitrogens with zero attached hydrogens (tertiary/aromatic N) is 1. The number of anilines is 1. The lowest BCUT2D eigenvalue weighted by Gasteiger charge is -2.11. The molecule has 0 radical (unpaired) electrons. The Labute approximate surface area is 179 Å². The van der Waals surface area contributed by atoms with E-state index >= 15 is 0 Å². The van der Waals surface area contributed by atoms with Crippen LogP contribution in [0.2, 0.25) is 0 Å². The van der Waals surface area contributed by atoms with E-state index in [0.29, 0.717) is 28.9 Å². The number of amidine groups is 1. The Kier molecular flexibility index (Phi) is 7.18. The molecule has 1 fully saturated rings. The number of rotatable bonds is 8. The largest absolute Gasteiger partial charge is 0.496 e. The molecule has 2 amide bonds. The summed E-state index contributed by atoms with van der Waals surface area (Å²) in [5.74, 6) is 1.30. The van der Waals surface area contributed by atoms with E-state index in [1.807, 2.05) is 24.3 Å². The Morgan fingerprint density at radius 3 is 2.53 bits per heavy atom. The highest BCUT2D eigenvalue weighted by molar-refractivity contribution is 8.15. The highest BCUT2D eigenvalue weighted by atomic mass is 32.2. The van der Waals surface area contributed by atoms with Crippen molar-refractivity contribution >= 4 is 34.4 Å². The monoisotopic (exact) mass is 429 g/mol. The Hall–Kier alpha value is -3.20. The smallest absolute Gasteiger partial charge is 0.240 e. The van der Waals surface area contributed by atoms with Gasteiger partial charge in [0, 0.05) is 23.7 Å². The zero-order valence-electron chi connectivity index (χ0n) is 16.9. The number of hydrogen-bond donors (Lipinski definition) is 2. The van der Waals surface area contributed by atoms with E-state index in [2.05, 4.69) is 15.6 Å². The third-order valence-electron chi connectivity index (χ3n) is 4.40. The number of amides is 2. The van der Waals surface area contributed by atoms with E-state index in [9.17, 15) is 9.59 Å². The number of benzene rings is 2. The van der Waals surface area contributed by atoms with Crippen LogP contribution in [0.3, 0.4) is 0 Å². The predicted octanol–water partition coefficient (Wildman–Crippen LogP) is 2.83. The Morgan fingerprint density at radius 1 is 1.07 bits per heavy atom. The molecule has 0 unspecified atom stereocenters. The minimum Gasteiger partial charge on any atom is -0.496 e. The fourth-order valence-electron chi connectivity index (χ4n) is 2.90. The van der Waals surface area contributed by atoms with E-state index in [0.717, 1.165) is 11.3 Å². The second kappa shape index (κ2) is 10.0. The summed E-state index contributed by atoms with van der Waals surface area (Å²) in [6, 6.07) is 12.6. The molecule has 2 aromatic rings. The molecular weight excluding hydrogens is 406 g/mol. The van der Waals surface area contributed by atoms with E-state index < -0.39 is 5.25 Å². The molecule has 0 aromatic heterocycles. The fraction of sp³-hybridized carbons (Fsp3) is 0.286. The number of ether oxygens (including phenoxy) is 3. The molecule has 3 rings (SSSR count). The van der Waals surface area contributed by atoms with Crippen LogP contribution in [0.4, 0.5) is 5.69 Å². The summed E-state index contributed by atoms with van der Waals surface area (Å²) in [7, 11) is 4.67. The van der Waals surface area contributed by atoms with Gasteiger partial charge in [0.25, 0.3) is 0 Å². The van der Waals surface area contributed by atoms with Crippen molar-refractivity contribution in [1.82, 2.24) is 5.32 Å². The van der Waals surface area contributed by atoms with Gasteiger partial charge in [-0.15, -0.1) is 0 Å². The van der Waals surface area contributed by atoms with Crippen LogP contribution in [0.1, 0.15) is 12.0 Å². The quantitative estimate of drug-likeness (QED) is 0.670. The molecule has 1 saturated heterocycles. The number of nitrogens with one attached hydrogen (secondary N) is 2. The van der Waals surface area contributed by atoms with Crippen LogP contribution >= 0.6 is 11.8 Å². The highest BCUT2D eigenvalue weighted by Gasteiger charge is 2.32. The van der Waals surface area contributed by atoms with Crippen LogP contribution < -0.4 is 24.8 Å². The first kappa shape index (κ1) is 21.5. The van der Waals surface area contributed by atoms with Gasteiger partial charge in [0.05, 0.1) is 27.9 Å². The SMILES string of the molecule is COc1ccccc1CN=C1NC(=O)[C@H](CC(=O)Nc2ccc(OC)c(OC)c2)S1. The third-order valence-corrected chi connectivity index (χ3v) is 5.52. The Balaban J connectivity index is 1.58. The molecule has 2 aromatic carbocycles. The molecular formula is C21H23N3O5S. The van der Waals surface area contributed by atoms with Gasteiger partial charge in [-0.2, -0.15) is 0 Å². The molecule has 1 atom stereocenters. The molecule has 1 aliphatic heterocycles. The van der Waals surface area contributed by atoms with Crippen molar-refractivity contribution in [3.8, 4) is 17.2 Å². The lowest BCUT2D eigenvalue weighted by molar-refractivity contribution is -0.122. The molecule has 8 nitrogen and oxygen atoms in total. The van der Waals surface area contributed by atoms with Crippen molar-refractivity contribution in [2.45, 2.75) is 18.2 Å². The van der Waals surface area contributed by atoms with E-state index in [4.69, 9.17) is 14.2 Å². The fourth-order valence-corrected chi connectivity index (χ4v) is 3.87. The minimum absolute atomic E-state index is 0.0263. The lowest BCUT2D eigenvalue weighted by atomic mass is 10.2. The van der Waals surface area contributed by atoms with Crippen molar-refractivity contribution in [1.29, 1.82) is 0 Å². The molecule has 0 aliphatic carbocycles. The van der Waals surface area contributed by atoms with Crippen molar-refractivity contribution in [2.24, 2.45) is 4.99 Å². The summed E-state index contributed by atoms with van der Waals surface area (Å²) < 4.78 is 15.7. The zero-order chi connectivity index (χ0) is 21.5. The zero-order valence-corrected chi connectivity index (χ0v) is 17.7. The number of carbonyl (C=O) groups is 2. The van der Waals surface area contributed by atoms with Crippen molar-refractivity contribution in [2.75, 3.05) is 26.6 Å². The van der Waals surface area contributed by atoms with E-state index in [1.54, 1.807) is 32.4 Å². The first-order valence-electron chi connectivity index (χ1n) is 9.19. The maximum atomic E-state index is 12.4. The first-order valence-corrected chi connectivity index (χ1v) is 10.1. The van der Waals surface area contributed by atoms with Crippen molar-refractivity contribution in [3.63, 3.8) is 0 Å². The van der Waals surface area contributed by atoms with Crippen LogP contribution in [0.5, 0.6) is 17.2 Å². The minimum atomic E-state index is -0.540. The van der Waals surface area contributed by atoms with Gasteiger partial charge in [-0.05, 0) is 18.2 Å². The first-order chi connectivity index (χ1) is 14.5. The third kappa shape index (κ3) is 5.24. The number of thioether (sulfide) groups is 1. The molecule has 9 heteroatoms. The van der Waals surface area contributed by atoms with Gasteiger partial charge in [-0.1, -0.05) is 30.0 Å². The van der Waals surface area contributed by atoms with Gasteiger partial charge in [0.15, 0.2) is 16.7 Å². The van der Waals surface area contributed by atoms with Crippen molar-refractivity contribution < 1.29 is 23.8 Å². The van der Waals surface area contributed by atoms with Crippen molar-refractivity contribution in [3.05, 3.63) is 48.0 Å². The van der Waals surface area contributed by atoms with E-state index in [1.165, 1.54) is 18.9 Å². The molecule has 1 aliphatic rings. The number of carbonyl (C=O) groups excluding carboxylic acids is 2. The molecule has 0 spiro atoms. The maximum absolute atomic E-state index is 12.4. The van der Waals surface area contributed by atoms with Crippen LogP contribution in [0.15, 0.2) is 47.5 Å². The average molecular weight is 429 g/mol. The molecule has 0 saturated carbocycles. The van der Waals surface area contributed by atoms with Gasteiger partial charge in [-0.3, -0.25) is 14.6 Å². The second-order valence-corrected chi connectivity index (χ2v) is 7.54. The van der Waals surface area contributed by atoms with Crippen LogP contribution in [0.25, 0.3) is 0 Å². The van der Waals surface area contributed by atoms with Gasteiger partial charge >= 0.3 is 0 Å². The topological polar surface area (TPSA) is 98.2 Å². The van der Waals surface area contributed by atoms with Crippen LogP contribution in [-0.2, 0) is 16.1 Å². The molecule has 0 bridgehead atoms. The molecule has 158 valence electrons. The number of para-hydroxylation sites is 1. The Bertz CT molecular complexity index is 963. The summed E-state index contributed by atoms with van der Waals surface area (Å²) in [5, 5.41) is 5.46. The predicted molar refractivity (Wildman–Crippen MR) is 116 cm³/mol. The summed E-state index contributed by atoms with van der Waals surface area (Å²) in [4.78, 5) is 29.1. The summed E-state index contributed by atoms with van der Waals surface area (Å²) in [6.45, 7) is 0.372. The molecule has 30 heavy (non-hydrogen) atoms. The van der Waals surface area contributed by atoms with E-state index in [-0.39, 0.29) is 18.2 Å². The van der Waals surface area contributed by atoms with Gasteiger partial charge in [0.1, 0.15) is 11.0 Å². The maximum Gasteiger partial charge on any atom is 0.240 e. The molecule has 1 heterocycles.